The molecule has 1 heterocycles. The summed E-state index contributed by atoms with van der Waals surface area (Å²) in [4.78, 5) is 17.8. The standard InChI is InChI=1S/C18H27N3O2S/c1-6-13(4)17-11-24-18(20(17)10-12(2)3)19-16-8-7-15(21(22)23)9-14(16)5/h7-9,12-13,17H,6,10-11H2,1-5H3/t13-,17-/m1/s1. The van der Waals surface area contributed by atoms with Crippen LogP contribution in [0.4, 0.5) is 11.4 Å². The summed E-state index contributed by atoms with van der Waals surface area (Å²) in [7, 11) is 0. The number of aliphatic imine (C=N–C) groups is 1. The average molecular weight is 350 g/mol. The number of nitrogens with zero attached hydrogens (tertiary/aromatic N) is 3. The van der Waals surface area contributed by atoms with E-state index in [0.717, 1.165) is 35.1 Å². The molecule has 0 aliphatic carbocycles. The first kappa shape index (κ1) is 18.8. The molecule has 0 radical (unpaired) electrons. The molecule has 0 N–H and O–H groups in total. The van der Waals surface area contributed by atoms with Crippen molar-refractivity contribution in [1.29, 1.82) is 0 Å². The van der Waals surface area contributed by atoms with Crippen LogP contribution in [0.2, 0.25) is 0 Å². The van der Waals surface area contributed by atoms with Gasteiger partial charge in [-0.3, -0.25) is 10.1 Å². The third-order valence-electron chi connectivity index (χ3n) is 4.50. The van der Waals surface area contributed by atoms with Crippen molar-refractivity contribution in [3.63, 3.8) is 0 Å². The Balaban J connectivity index is 2.31. The predicted molar refractivity (Wildman–Crippen MR) is 102 cm³/mol. The molecule has 1 fully saturated rings. The quantitative estimate of drug-likeness (QED) is 0.535. The lowest BCUT2D eigenvalue weighted by Gasteiger charge is -2.31. The molecule has 0 unspecified atom stereocenters. The highest BCUT2D eigenvalue weighted by atomic mass is 32.2. The van der Waals surface area contributed by atoms with Crippen molar-refractivity contribution in [3.8, 4) is 0 Å². The summed E-state index contributed by atoms with van der Waals surface area (Å²) in [6.07, 6.45) is 1.16. The first-order valence-electron chi connectivity index (χ1n) is 8.56. The number of amidine groups is 1. The second-order valence-electron chi connectivity index (χ2n) is 6.93. The fourth-order valence-electron chi connectivity index (χ4n) is 2.90. The van der Waals surface area contributed by atoms with Crippen LogP contribution in [-0.2, 0) is 0 Å². The highest BCUT2D eigenvalue weighted by Crippen LogP contribution is 2.34. The van der Waals surface area contributed by atoms with Crippen LogP contribution >= 0.6 is 11.8 Å². The molecule has 5 nitrogen and oxygen atoms in total. The van der Waals surface area contributed by atoms with E-state index in [2.05, 4.69) is 32.6 Å². The van der Waals surface area contributed by atoms with Gasteiger partial charge in [0.15, 0.2) is 5.17 Å². The molecule has 1 saturated heterocycles. The Morgan fingerprint density at radius 1 is 1.42 bits per heavy atom. The summed E-state index contributed by atoms with van der Waals surface area (Å²) in [5.41, 5.74) is 1.78. The summed E-state index contributed by atoms with van der Waals surface area (Å²) in [5.74, 6) is 2.26. The van der Waals surface area contributed by atoms with Crippen LogP contribution in [-0.4, -0.2) is 33.3 Å². The van der Waals surface area contributed by atoms with Crippen molar-refractivity contribution >= 4 is 28.3 Å². The number of rotatable bonds is 6. The molecule has 1 aliphatic rings. The Hall–Kier alpha value is -1.56. The van der Waals surface area contributed by atoms with E-state index in [9.17, 15) is 10.1 Å². The van der Waals surface area contributed by atoms with Crippen LogP contribution in [0.1, 0.15) is 39.7 Å². The van der Waals surface area contributed by atoms with E-state index in [1.54, 1.807) is 23.9 Å². The summed E-state index contributed by atoms with van der Waals surface area (Å²) in [6.45, 7) is 11.9. The fourth-order valence-corrected chi connectivity index (χ4v) is 4.27. The van der Waals surface area contributed by atoms with Gasteiger partial charge in [-0.05, 0) is 30.4 Å². The van der Waals surface area contributed by atoms with Crippen molar-refractivity contribution in [3.05, 3.63) is 33.9 Å². The maximum atomic E-state index is 10.9. The second-order valence-corrected chi connectivity index (χ2v) is 7.92. The van der Waals surface area contributed by atoms with Gasteiger partial charge in [0.25, 0.3) is 5.69 Å². The largest absolute Gasteiger partial charge is 0.347 e. The minimum atomic E-state index is -0.363. The zero-order valence-electron chi connectivity index (χ0n) is 15.2. The molecule has 6 heteroatoms. The molecule has 132 valence electrons. The number of nitro benzene ring substituents is 1. The van der Waals surface area contributed by atoms with Gasteiger partial charge in [-0.1, -0.05) is 45.9 Å². The van der Waals surface area contributed by atoms with Gasteiger partial charge in [-0.2, -0.15) is 0 Å². The Morgan fingerprint density at radius 2 is 2.12 bits per heavy atom. The van der Waals surface area contributed by atoms with Crippen molar-refractivity contribution in [1.82, 2.24) is 4.90 Å². The minimum Gasteiger partial charge on any atom is -0.347 e. The lowest BCUT2D eigenvalue weighted by molar-refractivity contribution is -0.384. The maximum Gasteiger partial charge on any atom is 0.269 e. The molecule has 0 aromatic heterocycles. The van der Waals surface area contributed by atoms with E-state index in [4.69, 9.17) is 4.99 Å². The summed E-state index contributed by atoms with van der Waals surface area (Å²) in [6, 6.07) is 5.40. The molecule has 1 aliphatic heterocycles. The number of non-ortho nitro benzene ring substituents is 1. The summed E-state index contributed by atoms with van der Waals surface area (Å²) < 4.78 is 0. The van der Waals surface area contributed by atoms with Crippen molar-refractivity contribution in [2.45, 2.75) is 47.1 Å². The van der Waals surface area contributed by atoms with Crippen molar-refractivity contribution in [2.75, 3.05) is 12.3 Å². The van der Waals surface area contributed by atoms with Crippen molar-refractivity contribution < 1.29 is 4.92 Å². The van der Waals surface area contributed by atoms with Gasteiger partial charge in [0.1, 0.15) is 0 Å². The van der Waals surface area contributed by atoms with Gasteiger partial charge in [0, 0.05) is 30.5 Å². The van der Waals surface area contributed by atoms with Gasteiger partial charge in [-0.25, -0.2) is 4.99 Å². The third kappa shape index (κ3) is 4.29. The van der Waals surface area contributed by atoms with E-state index >= 15 is 0 Å². The number of aryl methyl sites for hydroxylation is 1. The summed E-state index contributed by atoms with van der Waals surface area (Å²) >= 11 is 1.80. The van der Waals surface area contributed by atoms with Crippen molar-refractivity contribution in [2.24, 2.45) is 16.8 Å². The van der Waals surface area contributed by atoms with Crippen LogP contribution < -0.4 is 0 Å². The van der Waals surface area contributed by atoms with Gasteiger partial charge >= 0.3 is 0 Å². The van der Waals surface area contributed by atoms with Crippen LogP contribution in [0, 0.1) is 28.9 Å². The number of nitro groups is 1. The molecule has 0 amide bonds. The van der Waals surface area contributed by atoms with E-state index in [1.807, 2.05) is 6.92 Å². The molecule has 1 aromatic rings. The Labute approximate surface area is 148 Å². The SMILES string of the molecule is CC[C@@H](C)[C@H]1CSC(=Nc2ccc([N+](=O)[O-])cc2C)N1CC(C)C. The second kappa shape index (κ2) is 8.01. The molecular formula is C18H27N3O2S. The van der Waals surface area contributed by atoms with Gasteiger partial charge in [0.2, 0.25) is 0 Å². The number of benzene rings is 1. The first-order chi connectivity index (χ1) is 11.3. The first-order valence-corrected chi connectivity index (χ1v) is 9.55. The fraction of sp³-hybridized carbons (Fsp3) is 0.611. The average Bonchev–Trinajstić information content (AvgIpc) is 2.90. The smallest absolute Gasteiger partial charge is 0.269 e. The van der Waals surface area contributed by atoms with E-state index in [-0.39, 0.29) is 10.6 Å². The number of thioether (sulfide) groups is 1. The summed E-state index contributed by atoms with van der Waals surface area (Å²) in [5, 5.41) is 11.9. The zero-order chi connectivity index (χ0) is 17.9. The van der Waals surface area contributed by atoms with E-state index in [1.165, 1.54) is 6.07 Å². The van der Waals surface area contributed by atoms with Crippen LogP contribution in [0.15, 0.2) is 23.2 Å². The molecule has 2 rings (SSSR count). The topological polar surface area (TPSA) is 58.7 Å². The monoisotopic (exact) mass is 349 g/mol. The van der Waals surface area contributed by atoms with E-state index in [0.29, 0.717) is 17.9 Å². The number of hydrogen-bond donors (Lipinski definition) is 0. The van der Waals surface area contributed by atoms with Gasteiger partial charge in [-0.15, -0.1) is 0 Å². The highest BCUT2D eigenvalue weighted by molar-refractivity contribution is 8.14. The predicted octanol–water partition coefficient (Wildman–Crippen LogP) is 5.01. The van der Waals surface area contributed by atoms with E-state index < -0.39 is 0 Å². The zero-order valence-corrected chi connectivity index (χ0v) is 16.0. The lowest BCUT2D eigenvalue weighted by Crippen LogP contribution is -2.40. The molecule has 24 heavy (non-hydrogen) atoms. The lowest BCUT2D eigenvalue weighted by atomic mass is 9.99. The maximum absolute atomic E-state index is 10.9. The van der Waals surface area contributed by atoms with Gasteiger partial charge in [0.05, 0.1) is 10.6 Å². The molecule has 2 atom stereocenters. The molecule has 1 aromatic carbocycles. The van der Waals surface area contributed by atoms with Crippen LogP contribution in [0.25, 0.3) is 0 Å². The Morgan fingerprint density at radius 3 is 2.67 bits per heavy atom. The molecular weight excluding hydrogens is 322 g/mol. The van der Waals surface area contributed by atoms with Gasteiger partial charge < -0.3 is 4.90 Å². The third-order valence-corrected chi connectivity index (χ3v) is 5.59. The highest BCUT2D eigenvalue weighted by Gasteiger charge is 2.33. The molecule has 0 bridgehead atoms. The molecule has 0 saturated carbocycles. The minimum absolute atomic E-state index is 0.118. The Kier molecular flexibility index (Phi) is 6.27. The molecule has 0 spiro atoms. The van der Waals surface area contributed by atoms with Crippen LogP contribution in [0.3, 0.4) is 0 Å². The van der Waals surface area contributed by atoms with Crippen LogP contribution in [0.5, 0.6) is 0 Å². The normalized spacial score (nSPS) is 20.8. The Bertz CT molecular complexity index is 631. The number of hydrogen-bond acceptors (Lipinski definition) is 4.